The van der Waals surface area contributed by atoms with Crippen molar-refractivity contribution < 1.29 is 13.5 Å². The molecule has 0 saturated heterocycles. The van der Waals surface area contributed by atoms with Crippen LogP contribution in [0.3, 0.4) is 0 Å². The Labute approximate surface area is 165 Å². The highest BCUT2D eigenvalue weighted by Crippen LogP contribution is 2.35. The first-order valence-corrected chi connectivity index (χ1v) is 10.8. The zero-order valence-electron chi connectivity index (χ0n) is 15.7. The second-order valence-electron chi connectivity index (χ2n) is 7.12. The Bertz CT molecular complexity index is 1050. The molecule has 0 aliphatic heterocycles. The number of rotatable bonds is 5. The van der Waals surface area contributed by atoms with Gasteiger partial charge in [-0.2, -0.15) is 5.10 Å². The Balaban J connectivity index is 1.81. The van der Waals surface area contributed by atoms with Gasteiger partial charge in [-0.25, -0.2) is 8.42 Å². The number of aromatic nitrogens is 2. The van der Waals surface area contributed by atoms with Gasteiger partial charge in [0.25, 0.3) is 10.0 Å². The van der Waals surface area contributed by atoms with E-state index in [1.165, 1.54) is 23.5 Å². The fourth-order valence-corrected chi connectivity index (χ4v) is 5.00. The SMILES string of the molecule is CN(c1ccc(O)cc1)S(=O)(=O)c1cn(C2CCCC2)nc1-c1ccccc1. The molecule has 6 nitrogen and oxygen atoms in total. The van der Waals surface area contributed by atoms with Gasteiger partial charge in [0, 0.05) is 18.8 Å². The van der Waals surface area contributed by atoms with Gasteiger partial charge in [0.1, 0.15) is 16.3 Å². The topological polar surface area (TPSA) is 75.4 Å². The predicted molar refractivity (Wildman–Crippen MR) is 109 cm³/mol. The fraction of sp³-hybridized carbons (Fsp3) is 0.286. The van der Waals surface area contributed by atoms with Crippen LogP contribution in [0.5, 0.6) is 5.75 Å². The first kappa shape index (κ1) is 18.6. The van der Waals surface area contributed by atoms with Crippen molar-refractivity contribution in [3.8, 4) is 17.0 Å². The van der Waals surface area contributed by atoms with Gasteiger partial charge in [-0.15, -0.1) is 0 Å². The Morgan fingerprint density at radius 3 is 2.32 bits per heavy atom. The Kier molecular flexibility index (Phi) is 4.85. The molecule has 1 aromatic heterocycles. The molecule has 0 atom stereocenters. The molecular weight excluding hydrogens is 374 g/mol. The van der Waals surface area contributed by atoms with Gasteiger partial charge in [0.05, 0.1) is 11.7 Å². The number of benzene rings is 2. The average Bonchev–Trinajstić information content (AvgIpc) is 3.39. The first-order chi connectivity index (χ1) is 13.5. The van der Waals surface area contributed by atoms with Crippen molar-refractivity contribution in [1.29, 1.82) is 0 Å². The quantitative estimate of drug-likeness (QED) is 0.700. The summed E-state index contributed by atoms with van der Waals surface area (Å²) >= 11 is 0. The lowest BCUT2D eigenvalue weighted by Crippen LogP contribution is -2.26. The van der Waals surface area contributed by atoms with Crippen LogP contribution in [0, 0.1) is 0 Å². The van der Waals surface area contributed by atoms with E-state index in [1.807, 2.05) is 35.0 Å². The number of phenols is 1. The lowest BCUT2D eigenvalue weighted by Gasteiger charge is -2.19. The lowest BCUT2D eigenvalue weighted by molar-refractivity contribution is 0.467. The molecular formula is C21H23N3O3S. The number of sulfonamides is 1. The molecule has 1 heterocycles. The molecule has 0 unspecified atom stereocenters. The van der Waals surface area contributed by atoms with Crippen LogP contribution in [-0.2, 0) is 10.0 Å². The molecule has 7 heteroatoms. The highest BCUT2D eigenvalue weighted by molar-refractivity contribution is 7.93. The lowest BCUT2D eigenvalue weighted by atomic mass is 10.2. The summed E-state index contributed by atoms with van der Waals surface area (Å²) in [6, 6.07) is 15.8. The molecule has 0 amide bonds. The van der Waals surface area contributed by atoms with Crippen LogP contribution in [0.2, 0.25) is 0 Å². The van der Waals surface area contributed by atoms with E-state index >= 15 is 0 Å². The highest BCUT2D eigenvalue weighted by atomic mass is 32.2. The van der Waals surface area contributed by atoms with Crippen molar-refractivity contribution in [2.75, 3.05) is 11.4 Å². The molecule has 0 radical (unpaired) electrons. The van der Waals surface area contributed by atoms with Gasteiger partial charge in [0.15, 0.2) is 0 Å². The molecule has 1 fully saturated rings. The van der Waals surface area contributed by atoms with Crippen LogP contribution >= 0.6 is 0 Å². The van der Waals surface area contributed by atoms with Crippen molar-refractivity contribution in [1.82, 2.24) is 9.78 Å². The van der Waals surface area contributed by atoms with Gasteiger partial charge >= 0.3 is 0 Å². The van der Waals surface area contributed by atoms with Gasteiger partial charge in [-0.1, -0.05) is 43.2 Å². The summed E-state index contributed by atoms with van der Waals surface area (Å²) in [6.45, 7) is 0. The molecule has 2 aromatic carbocycles. The summed E-state index contributed by atoms with van der Waals surface area (Å²) in [5.74, 6) is 0.0913. The fourth-order valence-electron chi connectivity index (χ4n) is 3.66. The molecule has 0 bridgehead atoms. The average molecular weight is 398 g/mol. The van der Waals surface area contributed by atoms with Crippen LogP contribution in [0.1, 0.15) is 31.7 Å². The zero-order chi connectivity index (χ0) is 19.7. The van der Waals surface area contributed by atoms with Crippen LogP contribution in [-0.4, -0.2) is 30.4 Å². The van der Waals surface area contributed by atoms with E-state index in [1.54, 1.807) is 18.3 Å². The molecule has 1 aliphatic rings. The summed E-state index contributed by atoms with van der Waals surface area (Å²) in [7, 11) is -2.31. The first-order valence-electron chi connectivity index (χ1n) is 9.39. The van der Waals surface area contributed by atoms with E-state index in [4.69, 9.17) is 0 Å². The summed E-state index contributed by atoms with van der Waals surface area (Å²) in [5.41, 5.74) is 1.72. The minimum absolute atomic E-state index is 0.0913. The monoisotopic (exact) mass is 397 g/mol. The van der Waals surface area contributed by atoms with E-state index in [-0.39, 0.29) is 16.7 Å². The molecule has 1 N–H and O–H groups in total. The second kappa shape index (κ2) is 7.31. The summed E-state index contributed by atoms with van der Waals surface area (Å²) in [6.07, 6.45) is 5.98. The van der Waals surface area contributed by atoms with Crippen molar-refractivity contribution in [3.63, 3.8) is 0 Å². The molecule has 28 heavy (non-hydrogen) atoms. The van der Waals surface area contributed by atoms with E-state index in [9.17, 15) is 13.5 Å². The van der Waals surface area contributed by atoms with E-state index in [2.05, 4.69) is 5.10 Å². The maximum absolute atomic E-state index is 13.4. The number of hydrogen-bond donors (Lipinski definition) is 1. The minimum Gasteiger partial charge on any atom is -0.508 e. The van der Waals surface area contributed by atoms with E-state index in [0.29, 0.717) is 11.4 Å². The summed E-state index contributed by atoms with van der Waals surface area (Å²) < 4.78 is 30.0. The van der Waals surface area contributed by atoms with E-state index < -0.39 is 10.0 Å². The van der Waals surface area contributed by atoms with Gasteiger partial charge in [0.2, 0.25) is 0 Å². The van der Waals surface area contributed by atoms with Crippen molar-refractivity contribution in [3.05, 3.63) is 60.8 Å². The summed E-state index contributed by atoms with van der Waals surface area (Å²) in [4.78, 5) is 0.196. The maximum Gasteiger partial charge on any atom is 0.267 e. The normalized spacial score (nSPS) is 15.0. The predicted octanol–water partition coefficient (Wildman–Crippen LogP) is 4.20. The maximum atomic E-state index is 13.4. The molecule has 3 aromatic rings. The second-order valence-corrected chi connectivity index (χ2v) is 9.05. The van der Waals surface area contributed by atoms with Gasteiger partial charge in [-0.3, -0.25) is 8.99 Å². The number of nitrogens with zero attached hydrogens (tertiary/aromatic N) is 3. The number of aromatic hydroxyl groups is 1. The largest absolute Gasteiger partial charge is 0.508 e. The van der Waals surface area contributed by atoms with Crippen molar-refractivity contribution in [2.24, 2.45) is 0 Å². The highest BCUT2D eigenvalue weighted by Gasteiger charge is 2.30. The Hall–Kier alpha value is -2.80. The molecule has 4 rings (SSSR count). The van der Waals surface area contributed by atoms with Crippen LogP contribution in [0.4, 0.5) is 5.69 Å². The molecule has 1 aliphatic carbocycles. The zero-order valence-corrected chi connectivity index (χ0v) is 16.5. The number of hydrogen-bond acceptors (Lipinski definition) is 4. The smallest absolute Gasteiger partial charge is 0.267 e. The van der Waals surface area contributed by atoms with Crippen LogP contribution in [0.25, 0.3) is 11.3 Å². The van der Waals surface area contributed by atoms with Gasteiger partial charge in [-0.05, 0) is 37.1 Å². The van der Waals surface area contributed by atoms with Crippen molar-refractivity contribution >= 4 is 15.7 Å². The Morgan fingerprint density at radius 2 is 1.68 bits per heavy atom. The number of phenolic OH excluding ortho intramolecular Hbond substituents is 1. The molecule has 0 spiro atoms. The minimum atomic E-state index is -3.82. The molecule has 146 valence electrons. The molecule has 1 saturated carbocycles. The number of anilines is 1. The Morgan fingerprint density at radius 1 is 1.04 bits per heavy atom. The standard InChI is InChI=1S/C21H23N3O3S/c1-23(17-11-13-19(25)14-12-17)28(26,27)20-15-24(18-9-5-6-10-18)22-21(20)16-7-3-2-4-8-16/h2-4,7-8,11-15,18,25H,5-6,9-10H2,1H3. The third-order valence-electron chi connectivity index (χ3n) is 5.30. The third kappa shape index (κ3) is 3.38. The van der Waals surface area contributed by atoms with E-state index in [0.717, 1.165) is 31.2 Å². The van der Waals surface area contributed by atoms with Crippen LogP contribution < -0.4 is 4.31 Å². The van der Waals surface area contributed by atoms with Gasteiger partial charge < -0.3 is 5.11 Å². The third-order valence-corrected chi connectivity index (χ3v) is 7.08. The van der Waals surface area contributed by atoms with Crippen molar-refractivity contribution in [2.45, 2.75) is 36.6 Å². The van der Waals surface area contributed by atoms with Crippen LogP contribution in [0.15, 0.2) is 65.7 Å². The summed E-state index contributed by atoms with van der Waals surface area (Å²) in [5, 5.41) is 14.2.